The van der Waals surface area contributed by atoms with E-state index in [1.807, 2.05) is 66.7 Å². The summed E-state index contributed by atoms with van der Waals surface area (Å²) in [6.07, 6.45) is 1.46. The Kier molecular flexibility index (Phi) is 5.95. The fraction of sp³-hybridized carbons (Fsp3) is 0.231. The third-order valence-electron chi connectivity index (χ3n) is 6.18. The number of ether oxygens (including phenoxy) is 1. The molecule has 3 aromatic carbocycles. The molecule has 172 valence electrons. The second-order valence-corrected chi connectivity index (χ2v) is 8.31. The predicted molar refractivity (Wildman–Crippen MR) is 130 cm³/mol. The molecule has 1 aromatic heterocycles. The minimum absolute atomic E-state index is 0.0503. The van der Waals surface area contributed by atoms with E-state index in [0.29, 0.717) is 36.6 Å². The van der Waals surface area contributed by atoms with Crippen LogP contribution in [0.25, 0.3) is 22.2 Å². The molecule has 1 unspecified atom stereocenters. The van der Waals surface area contributed by atoms with Crippen molar-refractivity contribution >= 4 is 28.5 Å². The van der Waals surface area contributed by atoms with Crippen LogP contribution in [0, 0.1) is 5.92 Å². The van der Waals surface area contributed by atoms with E-state index >= 15 is 0 Å². The Hall–Kier alpha value is -4.20. The summed E-state index contributed by atoms with van der Waals surface area (Å²) in [4.78, 5) is 32.5. The largest absolute Gasteiger partial charge is 0.496 e. The zero-order valence-electron chi connectivity index (χ0n) is 18.8. The molecule has 0 saturated carbocycles. The molecule has 5 rings (SSSR count). The van der Waals surface area contributed by atoms with Crippen LogP contribution in [0.1, 0.15) is 23.2 Å². The summed E-state index contributed by atoms with van der Waals surface area (Å²) >= 11 is 0. The smallest absolute Gasteiger partial charge is 0.254 e. The highest BCUT2D eigenvalue weighted by atomic mass is 16.5. The number of piperidine rings is 1. The first kappa shape index (κ1) is 21.6. The number of carbonyl (C=O) groups excluding carboxylic acids is 2. The van der Waals surface area contributed by atoms with E-state index in [9.17, 15) is 9.59 Å². The number of methoxy groups -OCH3 is 1. The van der Waals surface area contributed by atoms with Gasteiger partial charge in [0.05, 0.1) is 18.6 Å². The van der Waals surface area contributed by atoms with Gasteiger partial charge in [-0.15, -0.1) is 5.10 Å². The lowest BCUT2D eigenvalue weighted by Gasteiger charge is -2.32. The summed E-state index contributed by atoms with van der Waals surface area (Å²) in [5.41, 5.74) is 1.41. The molecule has 1 saturated heterocycles. The summed E-state index contributed by atoms with van der Waals surface area (Å²) in [5.74, 6) is 0.784. The summed E-state index contributed by atoms with van der Waals surface area (Å²) < 4.78 is 5.37. The average Bonchev–Trinajstić information content (AvgIpc) is 3.36. The van der Waals surface area contributed by atoms with Crippen LogP contribution in [0.4, 0.5) is 5.95 Å². The lowest BCUT2D eigenvalue weighted by Crippen LogP contribution is -2.43. The molecule has 0 aliphatic carbocycles. The number of aromatic amines is 1. The third kappa shape index (κ3) is 4.22. The maximum atomic E-state index is 13.3. The molecule has 34 heavy (non-hydrogen) atoms. The molecule has 2 N–H and O–H groups in total. The minimum atomic E-state index is -0.333. The number of aromatic nitrogens is 3. The molecule has 0 bridgehead atoms. The highest BCUT2D eigenvalue weighted by Gasteiger charge is 2.30. The standard InChI is InChI=1S/C26H25N5O3/c1-34-22-14-5-4-12-21(22)23-27-26(30-29-23)28-24(32)18-10-7-15-31(16-18)25(33)20-13-6-9-17-8-2-3-11-19(17)20/h2-6,8-9,11-14,18H,7,10,15-16H2,1H3,(H2,27,28,29,30,32). The molecule has 4 aromatic rings. The van der Waals surface area contributed by atoms with Crippen molar-refractivity contribution in [3.05, 3.63) is 72.3 Å². The number of anilines is 1. The summed E-state index contributed by atoms with van der Waals surface area (Å²) in [6, 6.07) is 21.0. The normalized spacial score (nSPS) is 15.8. The van der Waals surface area contributed by atoms with E-state index < -0.39 is 0 Å². The van der Waals surface area contributed by atoms with Crippen LogP contribution in [-0.4, -0.2) is 52.1 Å². The van der Waals surface area contributed by atoms with Crippen LogP contribution in [0.5, 0.6) is 5.75 Å². The second kappa shape index (κ2) is 9.35. The number of hydrogen-bond donors (Lipinski definition) is 2. The Bertz CT molecular complexity index is 1340. The Morgan fingerprint density at radius 3 is 2.74 bits per heavy atom. The highest BCUT2D eigenvalue weighted by molar-refractivity contribution is 6.07. The van der Waals surface area contributed by atoms with Gasteiger partial charge in [-0.1, -0.05) is 48.5 Å². The van der Waals surface area contributed by atoms with Crippen molar-refractivity contribution in [3.8, 4) is 17.1 Å². The van der Waals surface area contributed by atoms with E-state index in [1.54, 1.807) is 12.0 Å². The van der Waals surface area contributed by atoms with Gasteiger partial charge in [-0.25, -0.2) is 0 Å². The molecule has 0 spiro atoms. The Balaban J connectivity index is 1.28. The maximum Gasteiger partial charge on any atom is 0.254 e. The Morgan fingerprint density at radius 1 is 1.06 bits per heavy atom. The van der Waals surface area contributed by atoms with Crippen molar-refractivity contribution in [2.45, 2.75) is 12.8 Å². The van der Waals surface area contributed by atoms with Crippen molar-refractivity contribution < 1.29 is 14.3 Å². The minimum Gasteiger partial charge on any atom is -0.496 e. The van der Waals surface area contributed by atoms with Crippen LogP contribution < -0.4 is 10.1 Å². The number of fused-ring (bicyclic) bond motifs is 1. The van der Waals surface area contributed by atoms with Crippen LogP contribution in [0.15, 0.2) is 66.7 Å². The number of hydrogen-bond acceptors (Lipinski definition) is 5. The number of rotatable bonds is 5. The van der Waals surface area contributed by atoms with E-state index in [-0.39, 0.29) is 23.7 Å². The first-order valence-corrected chi connectivity index (χ1v) is 11.3. The highest BCUT2D eigenvalue weighted by Crippen LogP contribution is 2.28. The molecule has 8 nitrogen and oxygen atoms in total. The maximum absolute atomic E-state index is 13.3. The van der Waals surface area contributed by atoms with Crippen molar-refractivity contribution in [2.75, 3.05) is 25.5 Å². The SMILES string of the molecule is COc1ccccc1-c1nc(NC(=O)C2CCCN(C(=O)c3cccc4ccccc34)C2)n[nH]1. The van der Waals surface area contributed by atoms with Crippen molar-refractivity contribution in [2.24, 2.45) is 5.92 Å². The third-order valence-corrected chi connectivity index (χ3v) is 6.18. The molecule has 8 heteroatoms. The quantitative estimate of drug-likeness (QED) is 0.471. The zero-order chi connectivity index (χ0) is 23.5. The van der Waals surface area contributed by atoms with Gasteiger partial charge in [-0.05, 0) is 41.8 Å². The topological polar surface area (TPSA) is 100 Å². The number of amides is 2. The number of nitrogens with one attached hydrogen (secondary N) is 2. The Morgan fingerprint density at radius 2 is 1.85 bits per heavy atom. The number of likely N-dealkylation sites (tertiary alicyclic amines) is 1. The molecular formula is C26H25N5O3. The Labute approximate surface area is 197 Å². The first-order chi connectivity index (χ1) is 16.6. The van der Waals surface area contributed by atoms with Gasteiger partial charge in [0, 0.05) is 18.7 Å². The van der Waals surface area contributed by atoms with Crippen LogP contribution in [0.2, 0.25) is 0 Å². The van der Waals surface area contributed by atoms with E-state index in [1.165, 1.54) is 0 Å². The molecular weight excluding hydrogens is 430 g/mol. The van der Waals surface area contributed by atoms with Crippen molar-refractivity contribution in [1.82, 2.24) is 20.1 Å². The average molecular weight is 456 g/mol. The van der Waals surface area contributed by atoms with Gasteiger partial charge < -0.3 is 9.64 Å². The van der Waals surface area contributed by atoms with Gasteiger partial charge in [-0.3, -0.25) is 20.0 Å². The van der Waals surface area contributed by atoms with Gasteiger partial charge >= 0.3 is 0 Å². The number of carbonyl (C=O) groups is 2. The number of benzene rings is 3. The molecule has 2 heterocycles. The summed E-state index contributed by atoms with van der Waals surface area (Å²) in [7, 11) is 1.59. The van der Waals surface area contributed by atoms with E-state index in [4.69, 9.17) is 4.74 Å². The van der Waals surface area contributed by atoms with Gasteiger partial charge in [0.25, 0.3) is 5.91 Å². The molecule has 1 aliphatic rings. The fourth-order valence-corrected chi connectivity index (χ4v) is 4.45. The van der Waals surface area contributed by atoms with Crippen LogP contribution >= 0.6 is 0 Å². The van der Waals surface area contributed by atoms with Gasteiger partial charge in [-0.2, -0.15) is 4.98 Å². The molecule has 1 aliphatic heterocycles. The second-order valence-electron chi connectivity index (χ2n) is 8.31. The summed E-state index contributed by atoms with van der Waals surface area (Å²) in [6.45, 7) is 0.988. The van der Waals surface area contributed by atoms with Gasteiger partial charge in [0.1, 0.15) is 5.75 Å². The van der Waals surface area contributed by atoms with E-state index in [0.717, 1.165) is 22.8 Å². The van der Waals surface area contributed by atoms with Crippen LogP contribution in [0.3, 0.4) is 0 Å². The van der Waals surface area contributed by atoms with Gasteiger partial charge in [0.15, 0.2) is 5.82 Å². The molecule has 1 fully saturated rings. The number of H-pyrrole nitrogens is 1. The van der Waals surface area contributed by atoms with Gasteiger partial charge in [0.2, 0.25) is 11.9 Å². The summed E-state index contributed by atoms with van der Waals surface area (Å²) in [5, 5.41) is 11.7. The first-order valence-electron chi connectivity index (χ1n) is 11.3. The van der Waals surface area contributed by atoms with Crippen molar-refractivity contribution in [3.63, 3.8) is 0 Å². The zero-order valence-corrected chi connectivity index (χ0v) is 18.8. The molecule has 2 amide bonds. The molecule has 0 radical (unpaired) electrons. The van der Waals surface area contributed by atoms with E-state index in [2.05, 4.69) is 20.5 Å². The monoisotopic (exact) mass is 455 g/mol. The number of nitrogens with zero attached hydrogens (tertiary/aromatic N) is 3. The lowest BCUT2D eigenvalue weighted by atomic mass is 9.95. The predicted octanol–water partition coefficient (Wildman–Crippen LogP) is 4.12. The van der Waals surface area contributed by atoms with Crippen LogP contribution in [-0.2, 0) is 4.79 Å². The molecule has 1 atom stereocenters. The lowest BCUT2D eigenvalue weighted by molar-refractivity contribution is -0.121. The number of para-hydroxylation sites is 1. The fourth-order valence-electron chi connectivity index (χ4n) is 4.45. The van der Waals surface area contributed by atoms with Crippen molar-refractivity contribution in [1.29, 1.82) is 0 Å².